The predicted molar refractivity (Wildman–Crippen MR) is 250 cm³/mol. The number of aliphatic hydroxyl groups excluding tert-OH is 1. The van der Waals surface area contributed by atoms with Crippen molar-refractivity contribution in [1.82, 2.24) is 0 Å². The monoisotopic (exact) mass is 865 g/mol. The summed E-state index contributed by atoms with van der Waals surface area (Å²) >= 11 is 0. The number of benzene rings is 1. The average Bonchev–Trinajstić information content (AvgIpc) is 3.20. The number of hydrogen-bond acceptors (Lipinski definition) is 8. The first kappa shape index (κ1) is 54.7. The molecule has 336 valence electrons. The Morgan fingerprint density at radius 1 is 0.810 bits per heavy atom. The summed E-state index contributed by atoms with van der Waals surface area (Å²) in [5, 5.41) is 11.6. The minimum absolute atomic E-state index is 0.0241. The molecule has 0 aromatic heterocycles. The van der Waals surface area contributed by atoms with E-state index in [4.69, 9.17) is 27.5 Å². The molecule has 1 rings (SSSR count). The summed E-state index contributed by atoms with van der Waals surface area (Å²) < 4.78 is 39.5. The average molecular weight is 865 g/mol. The summed E-state index contributed by atoms with van der Waals surface area (Å²) in [4.78, 5) is 14.5. The summed E-state index contributed by atoms with van der Waals surface area (Å²) in [5.74, 6) is 6.42. The maximum Gasteiger partial charge on any atom is 0.192 e. The summed E-state index contributed by atoms with van der Waals surface area (Å²) in [7, 11) is -3.02. The second kappa shape index (κ2) is 26.9. The van der Waals surface area contributed by atoms with Gasteiger partial charge in [-0.1, -0.05) is 88.3 Å². The largest absolute Gasteiger partial charge is 0.497 e. The van der Waals surface area contributed by atoms with Crippen LogP contribution < -0.4 is 4.74 Å². The van der Waals surface area contributed by atoms with Crippen LogP contribution in [-0.4, -0.2) is 87.2 Å². The van der Waals surface area contributed by atoms with E-state index in [9.17, 15) is 9.90 Å². The number of carbonyl (C=O) groups excluding carboxylic acids is 1. The van der Waals surface area contributed by atoms with Crippen molar-refractivity contribution in [2.24, 2.45) is 11.8 Å². The van der Waals surface area contributed by atoms with E-state index in [1.54, 1.807) is 14.2 Å². The van der Waals surface area contributed by atoms with Gasteiger partial charge < -0.3 is 32.6 Å². The number of ether oxygens (including phenoxy) is 3. The predicted octanol–water partition coefficient (Wildman–Crippen LogP) is 12.0. The highest BCUT2D eigenvalue weighted by Crippen LogP contribution is 2.40. The molecule has 11 heteroatoms. The van der Waals surface area contributed by atoms with Gasteiger partial charge in [-0.3, -0.25) is 4.79 Å². The minimum atomic E-state index is -2.18. The second-order valence-corrected chi connectivity index (χ2v) is 32.4. The summed E-state index contributed by atoms with van der Waals surface area (Å²) in [6.07, 6.45) is 1.74. The molecule has 0 aliphatic heterocycles. The molecule has 0 radical (unpaired) electrons. The van der Waals surface area contributed by atoms with Crippen molar-refractivity contribution in [1.29, 1.82) is 0 Å². The third kappa shape index (κ3) is 17.6. The van der Waals surface area contributed by atoms with Gasteiger partial charge in [0.1, 0.15) is 11.5 Å². The first-order valence-corrected chi connectivity index (χ1v) is 30.6. The van der Waals surface area contributed by atoms with Crippen LogP contribution in [0.3, 0.4) is 0 Å². The number of aliphatic hydroxyl groups is 1. The number of Topliss-reactive ketones (excluding diaryl/α,β-unsaturated/α-hetero) is 1. The molecule has 1 N–H and O–H groups in total. The maximum atomic E-state index is 14.5. The number of methoxy groups -OCH3 is 2. The van der Waals surface area contributed by atoms with Crippen molar-refractivity contribution in [3.05, 3.63) is 29.8 Å². The van der Waals surface area contributed by atoms with E-state index in [-0.39, 0.29) is 47.6 Å². The molecule has 0 heterocycles. The van der Waals surface area contributed by atoms with Gasteiger partial charge in [-0.25, -0.2) is 0 Å². The van der Waals surface area contributed by atoms with Crippen LogP contribution in [0.5, 0.6) is 5.75 Å². The molecule has 0 aliphatic rings. The lowest BCUT2D eigenvalue weighted by molar-refractivity contribution is -0.130. The second-order valence-electron chi connectivity index (χ2n) is 18.2. The van der Waals surface area contributed by atoms with E-state index < -0.39 is 37.0 Å². The van der Waals surface area contributed by atoms with E-state index in [0.717, 1.165) is 66.8 Å². The van der Waals surface area contributed by atoms with Crippen LogP contribution in [0.15, 0.2) is 24.3 Å². The van der Waals surface area contributed by atoms with Crippen LogP contribution in [0.4, 0.5) is 0 Å². The van der Waals surface area contributed by atoms with Crippen LogP contribution in [0.2, 0.25) is 54.4 Å². The molecule has 0 saturated carbocycles. The van der Waals surface area contributed by atoms with E-state index in [2.05, 4.69) is 94.2 Å². The summed E-state index contributed by atoms with van der Waals surface area (Å²) in [6.45, 7) is 32.0. The third-order valence-electron chi connectivity index (χ3n) is 13.5. The van der Waals surface area contributed by atoms with Gasteiger partial charge >= 0.3 is 0 Å². The van der Waals surface area contributed by atoms with Gasteiger partial charge in [0.15, 0.2) is 25.0 Å². The van der Waals surface area contributed by atoms with Crippen molar-refractivity contribution < 1.29 is 37.4 Å². The molecule has 0 fully saturated rings. The van der Waals surface area contributed by atoms with E-state index in [1.807, 2.05) is 38.1 Å². The van der Waals surface area contributed by atoms with Crippen LogP contribution >= 0.6 is 0 Å². The fourth-order valence-electron chi connectivity index (χ4n) is 7.78. The molecule has 0 bridgehead atoms. The van der Waals surface area contributed by atoms with Gasteiger partial charge in [-0.05, 0) is 105 Å². The molecule has 0 saturated heterocycles. The van der Waals surface area contributed by atoms with Gasteiger partial charge in [-0.15, -0.1) is 11.8 Å². The molecule has 8 nitrogen and oxygen atoms in total. The van der Waals surface area contributed by atoms with Gasteiger partial charge in [0.25, 0.3) is 0 Å². The van der Waals surface area contributed by atoms with Crippen molar-refractivity contribution >= 4 is 30.7 Å². The Balaban J connectivity index is 3.56. The number of hydrogen-bond donors (Lipinski definition) is 1. The highest BCUT2D eigenvalue weighted by molar-refractivity contribution is 6.74. The zero-order valence-corrected chi connectivity index (χ0v) is 43.1. The lowest BCUT2D eigenvalue weighted by Gasteiger charge is -2.45. The van der Waals surface area contributed by atoms with Crippen LogP contribution in [0, 0.1) is 23.7 Å². The zero-order valence-electron chi connectivity index (χ0n) is 40.1. The molecule has 1 aromatic carbocycles. The highest BCUT2D eigenvalue weighted by atomic mass is 28.4. The Hall–Kier alpha value is -1.34. The SMILES string of the molecule is CC#CCCC[C@H](C[C@H](O)CC(=O)[C@H](C)[C@@H](O[Si](CC)(CC)CC)[C@@H](C)[C@@H](C[C@H](COC)O[Si](C)(C)C(C)(C)C)O[Si](CC)(CC)CC)OCc1ccc(OC)cc1. The quantitative estimate of drug-likeness (QED) is 0.0448. The normalized spacial score (nSPS) is 16.4. The Morgan fingerprint density at radius 2 is 1.36 bits per heavy atom. The molecule has 0 amide bonds. The first-order chi connectivity index (χ1) is 27.3. The molecule has 0 aliphatic carbocycles. The number of ketones is 1. The highest BCUT2D eigenvalue weighted by Gasteiger charge is 2.45. The van der Waals surface area contributed by atoms with Crippen LogP contribution in [-0.2, 0) is 34.2 Å². The van der Waals surface area contributed by atoms with Gasteiger partial charge in [0.2, 0.25) is 0 Å². The Morgan fingerprint density at radius 3 is 1.84 bits per heavy atom. The van der Waals surface area contributed by atoms with Gasteiger partial charge in [-0.2, -0.15) is 0 Å². The topological polar surface area (TPSA) is 92.7 Å². The fourth-order valence-corrected chi connectivity index (χ4v) is 15.1. The molecular formula is C47H88O8Si3. The van der Waals surface area contributed by atoms with Crippen molar-refractivity contribution in [3.8, 4) is 17.6 Å². The number of unbranched alkanes of at least 4 members (excludes halogenated alkanes) is 1. The first-order valence-electron chi connectivity index (χ1n) is 22.7. The van der Waals surface area contributed by atoms with E-state index in [0.29, 0.717) is 26.1 Å². The number of rotatable bonds is 31. The maximum absolute atomic E-state index is 14.5. The Kier molecular flexibility index (Phi) is 25.3. The number of carbonyl (C=O) groups is 1. The standard InChI is InChI=1S/C47H88O8Si3/c1-17-24-25-26-27-42(52-35-39-28-30-41(51-14)31-29-39)32-40(48)33-44(49)37(8)46(55-58(21-5,22-6)23-7)38(9)45(54-57(18-2,19-3)20-4)34-43(36-50-13)53-56(15,16)47(10,11)12/h28-31,37-38,40,42-43,45-46,48H,18-23,25-27,32-36H2,1-16H3/t37-,38-,40-,42+,43+,45+,46+/m0/s1. The smallest absolute Gasteiger partial charge is 0.192 e. The molecule has 0 spiro atoms. The van der Waals surface area contributed by atoms with Crippen molar-refractivity contribution in [2.45, 2.75) is 213 Å². The molecule has 1 aromatic rings. The Bertz CT molecular complexity index is 1310. The van der Waals surface area contributed by atoms with Crippen molar-refractivity contribution in [3.63, 3.8) is 0 Å². The summed E-state index contributed by atoms with van der Waals surface area (Å²) in [6, 6.07) is 13.9. The molecular weight excluding hydrogens is 777 g/mol. The fraction of sp³-hybridized carbons (Fsp3) is 0.809. The van der Waals surface area contributed by atoms with Crippen LogP contribution in [0.25, 0.3) is 0 Å². The van der Waals surface area contributed by atoms with Gasteiger partial charge in [0.05, 0.1) is 50.8 Å². The van der Waals surface area contributed by atoms with Crippen LogP contribution in [0.1, 0.15) is 127 Å². The van der Waals surface area contributed by atoms with E-state index in [1.165, 1.54) is 0 Å². The Labute approximate surface area is 360 Å². The third-order valence-corrected chi connectivity index (χ3v) is 27.3. The molecule has 58 heavy (non-hydrogen) atoms. The molecule has 0 unspecified atom stereocenters. The lowest BCUT2D eigenvalue weighted by atomic mass is 9.83. The molecule has 7 atom stereocenters. The van der Waals surface area contributed by atoms with Crippen molar-refractivity contribution in [2.75, 3.05) is 20.8 Å². The summed E-state index contributed by atoms with van der Waals surface area (Å²) in [5.41, 5.74) is 1.03. The van der Waals surface area contributed by atoms with E-state index >= 15 is 0 Å². The van der Waals surface area contributed by atoms with Gasteiger partial charge in [0, 0.05) is 31.8 Å². The zero-order chi connectivity index (χ0) is 44.2. The minimum Gasteiger partial charge on any atom is -0.497 e. The lowest BCUT2D eigenvalue weighted by Crippen LogP contribution is -2.53.